The van der Waals surface area contributed by atoms with Crippen LogP contribution in [-0.2, 0) is 6.42 Å². The molecule has 1 atom stereocenters. The Balaban J connectivity index is 1.46. The predicted octanol–water partition coefficient (Wildman–Crippen LogP) is 7.86. The van der Waals surface area contributed by atoms with Crippen LogP contribution < -0.4 is 9.47 Å². The lowest BCUT2D eigenvalue weighted by molar-refractivity contribution is 0.0734. The number of esters is 1. The zero-order chi connectivity index (χ0) is 25.6. The number of rotatable bonds is 15. The Morgan fingerprint density at radius 2 is 1.64 bits per heavy atom. The highest BCUT2D eigenvalue weighted by Gasteiger charge is 2.10. The van der Waals surface area contributed by atoms with E-state index >= 15 is 0 Å². The van der Waals surface area contributed by atoms with Crippen molar-refractivity contribution in [2.24, 2.45) is 5.92 Å². The van der Waals surface area contributed by atoms with Crippen LogP contribution in [0.5, 0.6) is 11.5 Å². The molecule has 5 heteroatoms. The summed E-state index contributed by atoms with van der Waals surface area (Å²) in [4.78, 5) is 21.6. The first-order valence-corrected chi connectivity index (χ1v) is 13.1. The minimum Gasteiger partial charge on any atom is -0.494 e. The van der Waals surface area contributed by atoms with Gasteiger partial charge in [0.1, 0.15) is 11.5 Å². The molecule has 3 aromatic rings. The molecule has 1 unspecified atom stereocenters. The molecule has 1 heterocycles. The minimum atomic E-state index is -0.408. The van der Waals surface area contributed by atoms with E-state index in [9.17, 15) is 4.79 Å². The SMILES string of the molecule is C=CCCCCOc1ccc(C(=O)Oc2ccc(-c3ncc(CCCCC(C)CC)cn3)cc2)cc1. The maximum Gasteiger partial charge on any atom is 0.343 e. The number of carbonyl (C=O) groups is 1. The zero-order valence-electron chi connectivity index (χ0n) is 21.6. The molecular weight excluding hydrogens is 448 g/mol. The quantitative estimate of drug-likeness (QED) is 0.0947. The molecule has 0 spiro atoms. The van der Waals surface area contributed by atoms with Gasteiger partial charge in [-0.2, -0.15) is 0 Å². The van der Waals surface area contributed by atoms with Crippen LogP contribution in [0.1, 0.15) is 74.7 Å². The summed E-state index contributed by atoms with van der Waals surface area (Å²) in [5.41, 5.74) is 2.52. The smallest absolute Gasteiger partial charge is 0.343 e. The van der Waals surface area contributed by atoms with Gasteiger partial charge >= 0.3 is 5.97 Å². The van der Waals surface area contributed by atoms with E-state index in [0.29, 0.717) is 23.7 Å². The fraction of sp³-hybridized carbons (Fsp3) is 0.387. The number of hydrogen-bond acceptors (Lipinski definition) is 5. The van der Waals surface area contributed by atoms with E-state index < -0.39 is 5.97 Å². The number of nitrogens with zero attached hydrogens (tertiary/aromatic N) is 2. The fourth-order valence-electron chi connectivity index (χ4n) is 3.77. The molecule has 0 radical (unpaired) electrons. The van der Waals surface area contributed by atoms with E-state index in [1.165, 1.54) is 25.7 Å². The number of allylic oxidation sites excluding steroid dienone is 1. The maximum absolute atomic E-state index is 12.5. The molecule has 36 heavy (non-hydrogen) atoms. The van der Waals surface area contributed by atoms with Crippen molar-refractivity contribution in [1.29, 1.82) is 0 Å². The van der Waals surface area contributed by atoms with Crippen LogP contribution in [0, 0.1) is 5.92 Å². The van der Waals surface area contributed by atoms with E-state index in [-0.39, 0.29) is 0 Å². The standard InChI is InChI=1S/C31H38N2O3/c1-4-6-7-10-21-35-28-17-15-27(16-18-28)31(34)36-29-19-13-26(14-20-29)30-32-22-25(23-33-30)12-9-8-11-24(3)5-2/h4,13-20,22-24H,1,5-12,21H2,2-3H3. The van der Waals surface area contributed by atoms with E-state index in [1.807, 2.05) is 30.6 Å². The summed E-state index contributed by atoms with van der Waals surface area (Å²) in [6.07, 6.45) is 14.7. The molecule has 3 rings (SSSR count). The molecule has 0 aliphatic carbocycles. The third-order valence-electron chi connectivity index (χ3n) is 6.30. The third-order valence-corrected chi connectivity index (χ3v) is 6.30. The van der Waals surface area contributed by atoms with Gasteiger partial charge in [-0.05, 0) is 92.1 Å². The largest absolute Gasteiger partial charge is 0.494 e. The summed E-state index contributed by atoms with van der Waals surface area (Å²) >= 11 is 0. The number of carbonyl (C=O) groups excluding carboxylic acids is 1. The summed E-state index contributed by atoms with van der Waals surface area (Å²) in [6.45, 7) is 8.92. The van der Waals surface area contributed by atoms with Gasteiger partial charge in [0.05, 0.1) is 12.2 Å². The van der Waals surface area contributed by atoms with Crippen LogP contribution in [-0.4, -0.2) is 22.5 Å². The summed E-state index contributed by atoms with van der Waals surface area (Å²) < 4.78 is 11.2. The second kappa shape index (κ2) is 14.8. The highest BCUT2D eigenvalue weighted by atomic mass is 16.5. The van der Waals surface area contributed by atoms with Crippen LogP contribution in [0.15, 0.2) is 73.6 Å². The highest BCUT2D eigenvalue weighted by Crippen LogP contribution is 2.21. The van der Waals surface area contributed by atoms with Crippen molar-refractivity contribution in [3.63, 3.8) is 0 Å². The van der Waals surface area contributed by atoms with Crippen molar-refractivity contribution >= 4 is 5.97 Å². The van der Waals surface area contributed by atoms with Crippen molar-refractivity contribution in [2.75, 3.05) is 6.61 Å². The Morgan fingerprint density at radius 1 is 0.944 bits per heavy atom. The lowest BCUT2D eigenvalue weighted by atomic mass is 10.00. The number of aryl methyl sites for hydroxylation is 1. The first-order chi connectivity index (χ1) is 17.6. The summed E-state index contributed by atoms with van der Waals surface area (Å²) in [6, 6.07) is 14.3. The van der Waals surface area contributed by atoms with Crippen molar-refractivity contribution in [3.8, 4) is 22.9 Å². The monoisotopic (exact) mass is 486 g/mol. The van der Waals surface area contributed by atoms with Crippen LogP contribution in [0.25, 0.3) is 11.4 Å². The Labute approximate surface area is 215 Å². The van der Waals surface area contributed by atoms with E-state index in [0.717, 1.165) is 48.5 Å². The number of ether oxygens (including phenoxy) is 2. The van der Waals surface area contributed by atoms with Crippen LogP contribution in [0.2, 0.25) is 0 Å². The Morgan fingerprint density at radius 3 is 2.31 bits per heavy atom. The second-order valence-electron chi connectivity index (χ2n) is 9.25. The molecule has 0 saturated heterocycles. The summed E-state index contributed by atoms with van der Waals surface area (Å²) in [7, 11) is 0. The lowest BCUT2D eigenvalue weighted by Crippen LogP contribution is -2.08. The topological polar surface area (TPSA) is 61.3 Å². The van der Waals surface area contributed by atoms with E-state index in [4.69, 9.17) is 9.47 Å². The van der Waals surface area contributed by atoms with Crippen molar-refractivity contribution < 1.29 is 14.3 Å². The molecule has 0 amide bonds. The van der Waals surface area contributed by atoms with Gasteiger partial charge in [0.2, 0.25) is 0 Å². The van der Waals surface area contributed by atoms with Crippen LogP contribution >= 0.6 is 0 Å². The molecule has 5 nitrogen and oxygen atoms in total. The number of unbranched alkanes of at least 4 members (excludes halogenated alkanes) is 3. The molecule has 0 saturated carbocycles. The molecule has 190 valence electrons. The van der Waals surface area contributed by atoms with Crippen LogP contribution in [0.4, 0.5) is 0 Å². The van der Waals surface area contributed by atoms with Gasteiger partial charge in [0.25, 0.3) is 0 Å². The minimum absolute atomic E-state index is 0.408. The molecule has 0 N–H and O–H groups in total. The van der Waals surface area contributed by atoms with Crippen molar-refractivity contribution in [1.82, 2.24) is 9.97 Å². The molecule has 0 aliphatic heterocycles. The molecule has 2 aromatic carbocycles. The maximum atomic E-state index is 12.5. The molecule has 0 bridgehead atoms. The lowest BCUT2D eigenvalue weighted by Gasteiger charge is -2.08. The Kier molecular flexibility index (Phi) is 11.2. The fourth-order valence-corrected chi connectivity index (χ4v) is 3.77. The van der Waals surface area contributed by atoms with E-state index in [2.05, 4.69) is 30.4 Å². The Bertz CT molecular complexity index is 1060. The van der Waals surface area contributed by atoms with Gasteiger partial charge in [0, 0.05) is 18.0 Å². The van der Waals surface area contributed by atoms with Gasteiger partial charge in [-0.25, -0.2) is 14.8 Å². The van der Waals surface area contributed by atoms with Gasteiger partial charge < -0.3 is 9.47 Å². The average molecular weight is 487 g/mol. The summed E-state index contributed by atoms with van der Waals surface area (Å²) in [5.74, 6) is 2.27. The second-order valence-corrected chi connectivity index (χ2v) is 9.25. The Hall–Kier alpha value is -3.47. The normalized spacial score (nSPS) is 11.6. The number of benzene rings is 2. The van der Waals surface area contributed by atoms with Gasteiger partial charge in [-0.3, -0.25) is 0 Å². The van der Waals surface area contributed by atoms with Gasteiger partial charge in [-0.15, -0.1) is 6.58 Å². The van der Waals surface area contributed by atoms with Gasteiger partial charge in [0.15, 0.2) is 5.82 Å². The third kappa shape index (κ3) is 8.95. The first-order valence-electron chi connectivity index (χ1n) is 13.1. The molecular formula is C31H38N2O3. The molecule has 0 aliphatic rings. The van der Waals surface area contributed by atoms with Crippen molar-refractivity contribution in [3.05, 3.63) is 84.7 Å². The number of hydrogen-bond donors (Lipinski definition) is 0. The molecule has 1 aromatic heterocycles. The highest BCUT2D eigenvalue weighted by molar-refractivity contribution is 5.91. The van der Waals surface area contributed by atoms with Crippen LogP contribution in [0.3, 0.4) is 0 Å². The van der Waals surface area contributed by atoms with Gasteiger partial charge in [-0.1, -0.05) is 39.2 Å². The van der Waals surface area contributed by atoms with Crippen molar-refractivity contribution in [2.45, 2.75) is 65.2 Å². The first kappa shape index (κ1) is 27.1. The summed E-state index contributed by atoms with van der Waals surface area (Å²) in [5, 5.41) is 0. The van der Waals surface area contributed by atoms with E-state index in [1.54, 1.807) is 36.4 Å². The average Bonchev–Trinajstić information content (AvgIpc) is 2.92. The zero-order valence-corrected chi connectivity index (χ0v) is 21.6. The number of aromatic nitrogens is 2. The molecule has 0 fully saturated rings. The predicted molar refractivity (Wildman–Crippen MR) is 145 cm³/mol.